The smallest absolute Gasteiger partial charge is 0.323 e. The van der Waals surface area contributed by atoms with E-state index in [0.717, 1.165) is 18.7 Å². The largest absolute Gasteiger partial charge is 0.478 e. The second-order valence-corrected chi connectivity index (χ2v) is 5.39. The lowest BCUT2D eigenvalue weighted by Crippen LogP contribution is -2.44. The van der Waals surface area contributed by atoms with Gasteiger partial charge in [0.25, 0.3) is 0 Å². The summed E-state index contributed by atoms with van der Waals surface area (Å²) in [7, 11) is 0. The van der Waals surface area contributed by atoms with Crippen molar-refractivity contribution in [3.63, 3.8) is 0 Å². The zero-order chi connectivity index (χ0) is 16.8. The molecular weight excluding hydrogens is 312 g/mol. The molecule has 3 rings (SSSR count). The minimum atomic E-state index is -0.164. The van der Waals surface area contributed by atoms with E-state index in [4.69, 9.17) is 9.26 Å². The van der Waals surface area contributed by atoms with Crippen molar-refractivity contribution in [3.05, 3.63) is 24.7 Å². The molecule has 9 heteroatoms. The first-order chi connectivity index (χ1) is 11.7. The van der Waals surface area contributed by atoms with Crippen molar-refractivity contribution in [2.75, 3.05) is 30.3 Å². The van der Waals surface area contributed by atoms with E-state index >= 15 is 0 Å². The molecule has 2 aromatic rings. The van der Waals surface area contributed by atoms with E-state index in [1.807, 2.05) is 6.92 Å². The van der Waals surface area contributed by atoms with Gasteiger partial charge in [-0.25, -0.2) is 14.8 Å². The van der Waals surface area contributed by atoms with Crippen LogP contribution in [0.5, 0.6) is 5.88 Å². The van der Waals surface area contributed by atoms with Crippen LogP contribution in [0.2, 0.25) is 0 Å². The Morgan fingerprint density at radius 1 is 1.38 bits per heavy atom. The molecule has 0 aromatic carbocycles. The maximum atomic E-state index is 12.1. The normalized spacial score (nSPS) is 15.1. The van der Waals surface area contributed by atoms with Crippen molar-refractivity contribution >= 4 is 17.7 Å². The number of anilines is 2. The highest BCUT2D eigenvalue weighted by atomic mass is 16.5. The molecule has 0 aliphatic carbocycles. The topological polar surface area (TPSA) is 105 Å². The standard InChI is InChI=1S/C15H20N6O3/c1-2-23-14-9-13(16-10-17-14)18-11-3-6-21(7-4-11)15(22)19-12-5-8-24-20-12/h5,8-11H,2-4,6-7H2,1H3,(H,16,17,18)(H,19,20,22). The molecule has 0 unspecified atom stereocenters. The summed E-state index contributed by atoms with van der Waals surface area (Å²) in [6, 6.07) is 3.48. The molecule has 0 bridgehead atoms. The Kier molecular flexibility index (Phi) is 5.09. The third-order valence-corrected chi connectivity index (χ3v) is 3.74. The molecule has 9 nitrogen and oxygen atoms in total. The zero-order valence-corrected chi connectivity index (χ0v) is 13.4. The summed E-state index contributed by atoms with van der Waals surface area (Å²) >= 11 is 0. The van der Waals surface area contributed by atoms with E-state index in [2.05, 4.69) is 25.8 Å². The van der Waals surface area contributed by atoms with Gasteiger partial charge in [0.2, 0.25) is 5.88 Å². The first-order valence-corrected chi connectivity index (χ1v) is 7.92. The molecule has 3 heterocycles. The summed E-state index contributed by atoms with van der Waals surface area (Å²) in [5, 5.41) is 9.74. The molecule has 1 aliphatic heterocycles. The second-order valence-electron chi connectivity index (χ2n) is 5.39. The lowest BCUT2D eigenvalue weighted by molar-refractivity contribution is 0.196. The number of amides is 2. The van der Waals surface area contributed by atoms with E-state index in [1.165, 1.54) is 12.6 Å². The van der Waals surface area contributed by atoms with Crippen molar-refractivity contribution in [2.45, 2.75) is 25.8 Å². The van der Waals surface area contributed by atoms with Crippen LogP contribution in [0.25, 0.3) is 0 Å². The van der Waals surface area contributed by atoms with Gasteiger partial charge < -0.3 is 19.5 Å². The second kappa shape index (κ2) is 7.62. The Bertz CT molecular complexity index is 655. The molecule has 1 aliphatic rings. The number of likely N-dealkylation sites (tertiary alicyclic amines) is 1. The van der Waals surface area contributed by atoms with Crippen LogP contribution in [0, 0.1) is 0 Å². The van der Waals surface area contributed by atoms with Crippen LogP contribution in [0.1, 0.15) is 19.8 Å². The van der Waals surface area contributed by atoms with Gasteiger partial charge in [-0.1, -0.05) is 5.16 Å². The van der Waals surface area contributed by atoms with Gasteiger partial charge in [0.15, 0.2) is 5.82 Å². The van der Waals surface area contributed by atoms with E-state index in [0.29, 0.717) is 31.4 Å². The quantitative estimate of drug-likeness (QED) is 0.862. The molecule has 2 N–H and O–H groups in total. The number of ether oxygens (including phenoxy) is 1. The Hall–Kier alpha value is -2.84. The van der Waals surface area contributed by atoms with Crippen LogP contribution in [0.3, 0.4) is 0 Å². The highest BCUT2D eigenvalue weighted by Gasteiger charge is 2.23. The number of carbonyl (C=O) groups is 1. The van der Waals surface area contributed by atoms with Gasteiger partial charge in [0.05, 0.1) is 6.61 Å². The minimum absolute atomic E-state index is 0.164. The molecule has 128 valence electrons. The van der Waals surface area contributed by atoms with Crippen molar-refractivity contribution < 1.29 is 14.1 Å². The summed E-state index contributed by atoms with van der Waals surface area (Å²) in [6.45, 7) is 3.79. The lowest BCUT2D eigenvalue weighted by atomic mass is 10.1. The summed E-state index contributed by atoms with van der Waals surface area (Å²) in [5.74, 6) is 1.71. The average Bonchev–Trinajstić information content (AvgIpc) is 3.09. The monoisotopic (exact) mass is 332 g/mol. The number of aromatic nitrogens is 3. The van der Waals surface area contributed by atoms with E-state index in [-0.39, 0.29) is 12.1 Å². The van der Waals surface area contributed by atoms with Gasteiger partial charge in [-0.3, -0.25) is 5.32 Å². The van der Waals surface area contributed by atoms with Crippen molar-refractivity contribution in [1.29, 1.82) is 0 Å². The molecule has 24 heavy (non-hydrogen) atoms. The van der Waals surface area contributed by atoms with Gasteiger partial charge in [-0.2, -0.15) is 0 Å². The number of nitrogens with one attached hydrogen (secondary N) is 2. The van der Waals surface area contributed by atoms with Crippen molar-refractivity contribution in [1.82, 2.24) is 20.0 Å². The molecule has 2 aromatic heterocycles. The Morgan fingerprint density at radius 2 is 2.21 bits per heavy atom. The van der Waals surface area contributed by atoms with Crippen LogP contribution in [0.4, 0.5) is 16.4 Å². The maximum Gasteiger partial charge on any atom is 0.323 e. The van der Waals surface area contributed by atoms with E-state index in [1.54, 1.807) is 17.0 Å². The molecule has 0 spiro atoms. The van der Waals surface area contributed by atoms with Crippen molar-refractivity contribution in [2.24, 2.45) is 0 Å². The van der Waals surface area contributed by atoms with Crippen LogP contribution < -0.4 is 15.4 Å². The Balaban J connectivity index is 1.48. The number of piperidine rings is 1. The number of hydrogen-bond donors (Lipinski definition) is 2. The summed E-state index contributed by atoms with van der Waals surface area (Å²) in [5.41, 5.74) is 0. The van der Waals surface area contributed by atoms with Crippen LogP contribution >= 0.6 is 0 Å². The highest BCUT2D eigenvalue weighted by Crippen LogP contribution is 2.18. The fraction of sp³-hybridized carbons (Fsp3) is 0.467. The first kappa shape index (κ1) is 16.0. The Labute approximate surface area is 139 Å². The third-order valence-electron chi connectivity index (χ3n) is 3.74. The number of hydrogen-bond acceptors (Lipinski definition) is 7. The molecule has 1 saturated heterocycles. The van der Waals surface area contributed by atoms with E-state index < -0.39 is 0 Å². The fourth-order valence-corrected chi connectivity index (χ4v) is 2.55. The van der Waals surface area contributed by atoms with Crippen LogP contribution in [-0.2, 0) is 0 Å². The SMILES string of the molecule is CCOc1cc(NC2CCN(C(=O)Nc3ccon3)CC2)ncn1. The number of carbonyl (C=O) groups excluding carboxylic acids is 1. The number of nitrogens with zero attached hydrogens (tertiary/aromatic N) is 4. The molecule has 1 fully saturated rings. The summed E-state index contributed by atoms with van der Waals surface area (Å²) < 4.78 is 10.1. The Morgan fingerprint density at radius 3 is 2.92 bits per heavy atom. The van der Waals surface area contributed by atoms with Gasteiger partial charge >= 0.3 is 6.03 Å². The zero-order valence-electron chi connectivity index (χ0n) is 13.4. The molecule has 0 saturated carbocycles. The third kappa shape index (κ3) is 4.12. The molecule has 0 atom stereocenters. The van der Waals surface area contributed by atoms with Gasteiger partial charge in [0, 0.05) is 31.3 Å². The van der Waals surface area contributed by atoms with Gasteiger partial charge in [-0.05, 0) is 19.8 Å². The predicted molar refractivity (Wildman–Crippen MR) is 86.9 cm³/mol. The van der Waals surface area contributed by atoms with Crippen LogP contribution in [-0.4, -0.2) is 51.8 Å². The molecular formula is C15H20N6O3. The number of rotatable bonds is 5. The molecule has 0 radical (unpaired) electrons. The first-order valence-electron chi connectivity index (χ1n) is 7.92. The summed E-state index contributed by atoms with van der Waals surface area (Å²) in [6.07, 6.45) is 4.57. The van der Waals surface area contributed by atoms with Gasteiger partial charge in [-0.15, -0.1) is 0 Å². The lowest BCUT2D eigenvalue weighted by Gasteiger charge is -2.32. The predicted octanol–water partition coefficient (Wildman–Crippen LogP) is 1.97. The maximum absolute atomic E-state index is 12.1. The number of urea groups is 1. The average molecular weight is 332 g/mol. The van der Waals surface area contributed by atoms with E-state index in [9.17, 15) is 4.79 Å². The summed E-state index contributed by atoms with van der Waals surface area (Å²) in [4.78, 5) is 22.1. The fourth-order valence-electron chi connectivity index (χ4n) is 2.55. The highest BCUT2D eigenvalue weighted by molar-refractivity contribution is 5.88. The van der Waals surface area contributed by atoms with Crippen molar-refractivity contribution in [3.8, 4) is 5.88 Å². The van der Waals surface area contributed by atoms with Crippen LogP contribution in [0.15, 0.2) is 29.2 Å². The van der Waals surface area contributed by atoms with Gasteiger partial charge in [0.1, 0.15) is 18.4 Å². The molecule has 2 amide bonds. The minimum Gasteiger partial charge on any atom is -0.478 e.